The molecule has 2 atom stereocenters. The first-order valence-corrected chi connectivity index (χ1v) is 27.2. The first-order chi connectivity index (χ1) is 30.0. The fourth-order valence-corrected chi connectivity index (χ4v) is 7.82. The first-order valence-electron chi connectivity index (χ1n) is 25.7. The van der Waals surface area contributed by atoms with Crippen molar-refractivity contribution in [1.29, 1.82) is 0 Å². The van der Waals surface area contributed by atoms with Crippen LogP contribution in [-0.2, 0) is 32.7 Å². The number of unbranched alkanes of at least 4 members (excludes halogenated alkanes) is 27. The van der Waals surface area contributed by atoms with Crippen molar-refractivity contribution in [3.05, 3.63) is 36.5 Å². The molecule has 0 bridgehead atoms. The van der Waals surface area contributed by atoms with Crippen LogP contribution in [0.5, 0.6) is 0 Å². The van der Waals surface area contributed by atoms with Gasteiger partial charge in [0.25, 0.3) is 0 Å². The van der Waals surface area contributed by atoms with Crippen LogP contribution in [-0.4, -0.2) is 74.9 Å². The summed E-state index contributed by atoms with van der Waals surface area (Å²) >= 11 is 0. The maximum absolute atomic E-state index is 12.7. The summed E-state index contributed by atoms with van der Waals surface area (Å²) in [5, 5.41) is 0. The van der Waals surface area contributed by atoms with E-state index in [9.17, 15) is 19.0 Å². The van der Waals surface area contributed by atoms with Crippen molar-refractivity contribution < 1.29 is 42.1 Å². The van der Waals surface area contributed by atoms with E-state index in [-0.39, 0.29) is 32.0 Å². The molecule has 0 spiro atoms. The van der Waals surface area contributed by atoms with E-state index in [1.807, 2.05) is 21.1 Å². The number of quaternary nitrogens is 1. The van der Waals surface area contributed by atoms with E-state index in [0.29, 0.717) is 17.4 Å². The van der Waals surface area contributed by atoms with Crippen LogP contribution in [0, 0.1) is 0 Å². The summed E-state index contributed by atoms with van der Waals surface area (Å²) in [6.45, 7) is 4.38. The average molecular weight is 897 g/mol. The van der Waals surface area contributed by atoms with Gasteiger partial charge in [0.1, 0.15) is 19.8 Å². The molecule has 0 rings (SSSR count). The quantitative estimate of drug-likeness (QED) is 0.0212. The van der Waals surface area contributed by atoms with E-state index in [2.05, 4.69) is 50.3 Å². The Morgan fingerprint density at radius 3 is 1.34 bits per heavy atom. The molecule has 0 saturated carbocycles. The van der Waals surface area contributed by atoms with E-state index in [1.165, 1.54) is 154 Å². The van der Waals surface area contributed by atoms with Gasteiger partial charge in [-0.1, -0.05) is 192 Å². The molecule has 0 aromatic rings. The highest BCUT2D eigenvalue weighted by Crippen LogP contribution is 2.43. The molecule has 10 heteroatoms. The van der Waals surface area contributed by atoms with Crippen molar-refractivity contribution in [3.63, 3.8) is 0 Å². The molecule has 364 valence electrons. The highest BCUT2D eigenvalue weighted by molar-refractivity contribution is 7.47. The van der Waals surface area contributed by atoms with Gasteiger partial charge in [0.05, 0.1) is 27.7 Å². The predicted molar refractivity (Wildman–Crippen MR) is 261 cm³/mol. The molecule has 0 aromatic heterocycles. The maximum Gasteiger partial charge on any atom is 0.472 e. The van der Waals surface area contributed by atoms with Gasteiger partial charge in [0.2, 0.25) is 0 Å². The number of hydrogen-bond donors (Lipinski definition) is 1. The van der Waals surface area contributed by atoms with Crippen LogP contribution in [0.2, 0.25) is 0 Å². The van der Waals surface area contributed by atoms with Crippen LogP contribution in [0.25, 0.3) is 0 Å². The second-order valence-electron chi connectivity index (χ2n) is 18.5. The molecule has 0 fully saturated rings. The Labute approximate surface area is 382 Å². The van der Waals surface area contributed by atoms with Crippen molar-refractivity contribution in [2.45, 2.75) is 238 Å². The summed E-state index contributed by atoms with van der Waals surface area (Å²) in [7, 11) is 1.46. The molecular formula is C52H99NO8P+. The molecule has 0 heterocycles. The molecule has 0 aromatic carbocycles. The smallest absolute Gasteiger partial charge is 0.462 e. The number of hydrogen-bond acceptors (Lipinski definition) is 7. The number of allylic oxidation sites excluding steroid dienone is 6. The number of phosphoric ester groups is 1. The van der Waals surface area contributed by atoms with Gasteiger partial charge < -0.3 is 18.9 Å². The largest absolute Gasteiger partial charge is 0.472 e. The van der Waals surface area contributed by atoms with Gasteiger partial charge in [0, 0.05) is 12.8 Å². The Morgan fingerprint density at radius 2 is 0.871 bits per heavy atom. The highest BCUT2D eigenvalue weighted by Gasteiger charge is 2.27. The van der Waals surface area contributed by atoms with Crippen molar-refractivity contribution >= 4 is 19.8 Å². The Bertz CT molecular complexity index is 1150. The third kappa shape index (κ3) is 47.7. The molecule has 0 aliphatic rings. The monoisotopic (exact) mass is 897 g/mol. The van der Waals surface area contributed by atoms with Gasteiger partial charge in [0.15, 0.2) is 6.10 Å². The van der Waals surface area contributed by atoms with Gasteiger partial charge in [-0.05, 0) is 64.2 Å². The van der Waals surface area contributed by atoms with Gasteiger partial charge in [-0.2, -0.15) is 0 Å². The number of nitrogens with zero attached hydrogens (tertiary/aromatic N) is 1. The Balaban J connectivity index is 4.28. The first kappa shape index (κ1) is 60.2. The lowest BCUT2D eigenvalue weighted by Crippen LogP contribution is -2.37. The lowest BCUT2D eigenvalue weighted by Gasteiger charge is -2.24. The minimum atomic E-state index is -4.39. The van der Waals surface area contributed by atoms with E-state index in [0.717, 1.165) is 44.9 Å². The Kier molecular flexibility index (Phi) is 43.2. The number of likely N-dealkylation sites (N-methyl/N-ethyl adjacent to an activating group) is 1. The lowest BCUT2D eigenvalue weighted by molar-refractivity contribution is -0.870. The van der Waals surface area contributed by atoms with Crippen molar-refractivity contribution in [2.24, 2.45) is 0 Å². The molecule has 1 N–H and O–H groups in total. The van der Waals surface area contributed by atoms with Crippen LogP contribution >= 0.6 is 7.82 Å². The normalized spacial score (nSPS) is 13.7. The highest BCUT2D eigenvalue weighted by atomic mass is 31.2. The molecule has 0 aliphatic heterocycles. The van der Waals surface area contributed by atoms with Crippen LogP contribution in [0.4, 0.5) is 0 Å². The molecule has 0 amide bonds. The van der Waals surface area contributed by atoms with E-state index >= 15 is 0 Å². The van der Waals surface area contributed by atoms with Crippen LogP contribution < -0.4 is 0 Å². The summed E-state index contributed by atoms with van der Waals surface area (Å²) in [6.07, 6.45) is 52.1. The van der Waals surface area contributed by atoms with Crippen LogP contribution in [0.1, 0.15) is 232 Å². The zero-order valence-corrected chi connectivity index (χ0v) is 42.0. The summed E-state index contributed by atoms with van der Waals surface area (Å²) in [6, 6.07) is 0. The standard InChI is InChI=1S/C52H98NO8P/c1-6-8-10-12-14-16-18-20-22-23-24-25-26-27-28-29-31-33-35-37-39-41-43-45-52(55)61-50(49-60-62(56,57)59-47-46-53(3,4)5)48-58-51(54)44-42-40-38-36-34-32-30-21-19-17-15-13-11-9-7-2/h13,15,29,31,37,39,50H,6-12,14,16-28,30,32-36,38,40-49H2,1-5H3/p+1/b15-13+,31-29+,39-37+/t50-/m1/s1. The Hall–Kier alpha value is -1.77. The van der Waals surface area contributed by atoms with E-state index < -0.39 is 26.5 Å². The van der Waals surface area contributed by atoms with E-state index in [1.54, 1.807) is 0 Å². The van der Waals surface area contributed by atoms with Crippen molar-refractivity contribution in [1.82, 2.24) is 0 Å². The second-order valence-corrected chi connectivity index (χ2v) is 20.0. The molecule has 0 saturated heterocycles. The number of carbonyl (C=O) groups is 2. The number of esters is 2. The molecule has 1 unspecified atom stereocenters. The predicted octanol–water partition coefficient (Wildman–Crippen LogP) is 15.3. The fraction of sp³-hybridized carbons (Fsp3) is 0.846. The van der Waals surface area contributed by atoms with Crippen LogP contribution in [0.15, 0.2) is 36.5 Å². The van der Waals surface area contributed by atoms with Crippen molar-refractivity contribution in [3.8, 4) is 0 Å². The Morgan fingerprint density at radius 1 is 0.484 bits per heavy atom. The molecule has 0 aliphatic carbocycles. The summed E-state index contributed by atoms with van der Waals surface area (Å²) < 4.78 is 34.4. The zero-order chi connectivity index (χ0) is 45.7. The minimum Gasteiger partial charge on any atom is -0.462 e. The van der Waals surface area contributed by atoms with E-state index in [4.69, 9.17) is 18.5 Å². The topological polar surface area (TPSA) is 108 Å². The molecule has 0 radical (unpaired) electrons. The number of rotatable bonds is 47. The molecular weight excluding hydrogens is 798 g/mol. The summed E-state index contributed by atoms with van der Waals surface area (Å²) in [4.78, 5) is 35.5. The van der Waals surface area contributed by atoms with Gasteiger partial charge >= 0.3 is 19.8 Å². The lowest BCUT2D eigenvalue weighted by atomic mass is 10.0. The van der Waals surface area contributed by atoms with Gasteiger partial charge in [-0.25, -0.2) is 4.57 Å². The van der Waals surface area contributed by atoms with Gasteiger partial charge in [-0.15, -0.1) is 0 Å². The third-order valence-corrected chi connectivity index (χ3v) is 12.1. The zero-order valence-electron chi connectivity index (χ0n) is 41.1. The molecule has 62 heavy (non-hydrogen) atoms. The fourth-order valence-electron chi connectivity index (χ4n) is 7.08. The number of phosphoric acid groups is 1. The summed E-state index contributed by atoms with van der Waals surface area (Å²) in [5.41, 5.74) is 0. The third-order valence-electron chi connectivity index (χ3n) is 11.1. The number of ether oxygens (including phenoxy) is 2. The van der Waals surface area contributed by atoms with Crippen LogP contribution in [0.3, 0.4) is 0 Å². The number of carbonyl (C=O) groups excluding carboxylic acids is 2. The SMILES string of the molecule is CCCC/C=C/CCCCCCCCCCCC(=O)OC[C@H](COP(=O)(O)OCC[N+](C)(C)C)OC(=O)CCC/C=C/CC/C=C/CCCCCCCCCCCCCCCC. The maximum atomic E-state index is 12.7. The molecule has 9 nitrogen and oxygen atoms in total. The van der Waals surface area contributed by atoms with Gasteiger partial charge in [-0.3, -0.25) is 18.6 Å². The second kappa shape index (κ2) is 44.4. The summed E-state index contributed by atoms with van der Waals surface area (Å²) in [5.74, 6) is -0.844. The minimum absolute atomic E-state index is 0.0249. The van der Waals surface area contributed by atoms with Crippen molar-refractivity contribution in [2.75, 3.05) is 47.5 Å². The average Bonchev–Trinajstić information content (AvgIpc) is 3.23.